The second kappa shape index (κ2) is 6.10. The average molecular weight is 203 g/mol. The third-order valence-electron chi connectivity index (χ3n) is 2.35. The van der Waals surface area contributed by atoms with Crippen molar-refractivity contribution in [1.82, 2.24) is 5.32 Å². The van der Waals surface area contributed by atoms with Crippen molar-refractivity contribution in [1.29, 1.82) is 0 Å². The SMILES string of the molecule is C#CCCCNC(C)c1ccccc1O. The van der Waals surface area contributed by atoms with Crippen LogP contribution in [0.4, 0.5) is 0 Å². The molecule has 1 aromatic rings. The molecule has 2 N–H and O–H groups in total. The first-order valence-electron chi connectivity index (χ1n) is 5.20. The fraction of sp³-hybridized carbons (Fsp3) is 0.385. The van der Waals surface area contributed by atoms with Gasteiger partial charge in [-0.25, -0.2) is 0 Å². The smallest absolute Gasteiger partial charge is 0.120 e. The van der Waals surface area contributed by atoms with Crippen LogP contribution in [0.2, 0.25) is 0 Å². The quantitative estimate of drug-likeness (QED) is 0.569. The molecule has 0 fully saturated rings. The second-order valence-corrected chi connectivity index (χ2v) is 3.54. The van der Waals surface area contributed by atoms with Gasteiger partial charge in [-0.15, -0.1) is 12.3 Å². The van der Waals surface area contributed by atoms with Crippen molar-refractivity contribution in [3.05, 3.63) is 29.8 Å². The summed E-state index contributed by atoms with van der Waals surface area (Å²) in [5.41, 5.74) is 0.929. The van der Waals surface area contributed by atoms with Crippen molar-refractivity contribution < 1.29 is 5.11 Å². The number of phenols is 1. The summed E-state index contributed by atoms with van der Waals surface area (Å²) in [7, 11) is 0. The molecular weight excluding hydrogens is 186 g/mol. The number of hydrogen-bond acceptors (Lipinski definition) is 2. The predicted octanol–water partition coefficient (Wildman–Crippen LogP) is 2.46. The lowest BCUT2D eigenvalue weighted by atomic mass is 10.1. The molecule has 1 atom stereocenters. The van der Waals surface area contributed by atoms with E-state index in [0.29, 0.717) is 5.75 Å². The lowest BCUT2D eigenvalue weighted by molar-refractivity contribution is 0.452. The largest absolute Gasteiger partial charge is 0.508 e. The molecular formula is C13H17NO. The van der Waals surface area contributed by atoms with Gasteiger partial charge in [-0.3, -0.25) is 0 Å². The van der Waals surface area contributed by atoms with Gasteiger partial charge in [0.15, 0.2) is 0 Å². The van der Waals surface area contributed by atoms with Crippen molar-refractivity contribution in [2.45, 2.75) is 25.8 Å². The molecule has 1 rings (SSSR count). The van der Waals surface area contributed by atoms with E-state index in [2.05, 4.69) is 11.2 Å². The first-order valence-corrected chi connectivity index (χ1v) is 5.20. The molecule has 0 amide bonds. The normalized spacial score (nSPS) is 12.0. The second-order valence-electron chi connectivity index (χ2n) is 3.54. The van der Waals surface area contributed by atoms with E-state index in [0.717, 1.165) is 24.9 Å². The van der Waals surface area contributed by atoms with E-state index in [4.69, 9.17) is 6.42 Å². The van der Waals surface area contributed by atoms with Crippen LogP contribution in [-0.4, -0.2) is 11.7 Å². The van der Waals surface area contributed by atoms with E-state index in [-0.39, 0.29) is 6.04 Å². The maximum absolute atomic E-state index is 9.61. The van der Waals surface area contributed by atoms with Gasteiger partial charge in [0.1, 0.15) is 5.75 Å². The zero-order chi connectivity index (χ0) is 11.1. The molecule has 80 valence electrons. The van der Waals surface area contributed by atoms with Gasteiger partial charge in [-0.1, -0.05) is 18.2 Å². The summed E-state index contributed by atoms with van der Waals surface area (Å²) in [6, 6.07) is 7.53. The zero-order valence-electron chi connectivity index (χ0n) is 9.03. The van der Waals surface area contributed by atoms with E-state index in [1.54, 1.807) is 6.07 Å². The number of nitrogens with one attached hydrogen (secondary N) is 1. The van der Waals surface area contributed by atoms with Gasteiger partial charge in [0.2, 0.25) is 0 Å². The van der Waals surface area contributed by atoms with E-state index < -0.39 is 0 Å². The van der Waals surface area contributed by atoms with E-state index >= 15 is 0 Å². The van der Waals surface area contributed by atoms with Crippen LogP contribution in [0.15, 0.2) is 24.3 Å². The van der Waals surface area contributed by atoms with Crippen LogP contribution in [0.1, 0.15) is 31.4 Å². The maximum Gasteiger partial charge on any atom is 0.120 e. The van der Waals surface area contributed by atoms with Gasteiger partial charge in [-0.2, -0.15) is 0 Å². The minimum atomic E-state index is 0.156. The number of aromatic hydroxyl groups is 1. The first-order chi connectivity index (χ1) is 7.25. The highest BCUT2D eigenvalue weighted by atomic mass is 16.3. The molecule has 0 heterocycles. The molecule has 0 radical (unpaired) electrons. The fourth-order valence-electron chi connectivity index (χ4n) is 1.47. The number of benzene rings is 1. The van der Waals surface area contributed by atoms with Crippen molar-refractivity contribution in [2.75, 3.05) is 6.54 Å². The summed E-state index contributed by atoms with van der Waals surface area (Å²) >= 11 is 0. The predicted molar refractivity (Wildman–Crippen MR) is 62.6 cm³/mol. The van der Waals surface area contributed by atoms with Crippen LogP contribution in [0.25, 0.3) is 0 Å². The number of phenolic OH excluding ortho intramolecular Hbond substituents is 1. The van der Waals surface area contributed by atoms with Crippen LogP contribution in [0.5, 0.6) is 5.75 Å². The van der Waals surface area contributed by atoms with Gasteiger partial charge in [0, 0.05) is 18.0 Å². The number of rotatable bonds is 5. The Bertz CT molecular complexity index is 341. The molecule has 0 saturated heterocycles. The summed E-state index contributed by atoms with van der Waals surface area (Å²) in [5.74, 6) is 2.95. The Morgan fingerprint density at radius 2 is 2.20 bits per heavy atom. The number of terminal acetylenes is 1. The van der Waals surface area contributed by atoms with Gasteiger partial charge in [-0.05, 0) is 26.0 Å². The van der Waals surface area contributed by atoms with E-state index in [1.165, 1.54) is 0 Å². The molecule has 1 aromatic carbocycles. The van der Waals surface area contributed by atoms with Crippen molar-refractivity contribution in [3.63, 3.8) is 0 Å². The molecule has 0 aromatic heterocycles. The van der Waals surface area contributed by atoms with Crippen molar-refractivity contribution in [3.8, 4) is 18.1 Å². The van der Waals surface area contributed by atoms with Crippen LogP contribution in [0.3, 0.4) is 0 Å². The Morgan fingerprint density at radius 3 is 2.87 bits per heavy atom. The minimum Gasteiger partial charge on any atom is -0.508 e. The van der Waals surface area contributed by atoms with Crippen LogP contribution in [-0.2, 0) is 0 Å². The number of para-hydroxylation sites is 1. The monoisotopic (exact) mass is 203 g/mol. The third kappa shape index (κ3) is 3.65. The highest BCUT2D eigenvalue weighted by Crippen LogP contribution is 2.22. The average Bonchev–Trinajstić information content (AvgIpc) is 2.25. The molecule has 0 saturated carbocycles. The fourth-order valence-corrected chi connectivity index (χ4v) is 1.47. The molecule has 15 heavy (non-hydrogen) atoms. The third-order valence-corrected chi connectivity index (χ3v) is 2.35. The zero-order valence-corrected chi connectivity index (χ0v) is 9.03. The lowest BCUT2D eigenvalue weighted by Crippen LogP contribution is -2.19. The molecule has 0 aliphatic heterocycles. The van der Waals surface area contributed by atoms with Crippen molar-refractivity contribution >= 4 is 0 Å². The molecule has 1 unspecified atom stereocenters. The first kappa shape index (κ1) is 11.6. The molecule has 2 nitrogen and oxygen atoms in total. The Balaban J connectivity index is 2.44. The topological polar surface area (TPSA) is 32.3 Å². The molecule has 0 aliphatic rings. The van der Waals surface area contributed by atoms with Crippen molar-refractivity contribution in [2.24, 2.45) is 0 Å². The Hall–Kier alpha value is -1.46. The van der Waals surface area contributed by atoms with Crippen LogP contribution < -0.4 is 5.32 Å². The summed E-state index contributed by atoms with van der Waals surface area (Å²) in [6.07, 6.45) is 6.92. The van der Waals surface area contributed by atoms with Crippen LogP contribution >= 0.6 is 0 Å². The van der Waals surface area contributed by atoms with E-state index in [9.17, 15) is 5.11 Å². The summed E-state index contributed by atoms with van der Waals surface area (Å²) in [6.45, 7) is 2.91. The highest BCUT2D eigenvalue weighted by molar-refractivity contribution is 5.34. The highest BCUT2D eigenvalue weighted by Gasteiger charge is 2.07. The Morgan fingerprint density at radius 1 is 1.47 bits per heavy atom. The molecule has 0 aliphatic carbocycles. The Labute approximate surface area is 91.3 Å². The van der Waals surface area contributed by atoms with Gasteiger partial charge in [0.25, 0.3) is 0 Å². The van der Waals surface area contributed by atoms with Gasteiger partial charge >= 0.3 is 0 Å². The summed E-state index contributed by atoms with van der Waals surface area (Å²) in [5, 5.41) is 12.9. The van der Waals surface area contributed by atoms with Gasteiger partial charge in [0.05, 0.1) is 0 Å². The summed E-state index contributed by atoms with van der Waals surface area (Å²) in [4.78, 5) is 0. The molecule has 0 spiro atoms. The Kier molecular flexibility index (Phi) is 4.73. The molecule has 0 bridgehead atoms. The maximum atomic E-state index is 9.61. The minimum absolute atomic E-state index is 0.156. The standard InChI is InChI=1S/C13H17NO/c1-3-4-7-10-14-11(2)12-8-5-6-9-13(12)15/h1,5-6,8-9,11,14-15H,4,7,10H2,2H3. The number of hydrogen-bond donors (Lipinski definition) is 2. The molecule has 2 heteroatoms. The van der Waals surface area contributed by atoms with E-state index in [1.807, 2.05) is 25.1 Å². The lowest BCUT2D eigenvalue weighted by Gasteiger charge is -2.14. The van der Waals surface area contributed by atoms with Crippen LogP contribution in [0, 0.1) is 12.3 Å². The van der Waals surface area contributed by atoms with Gasteiger partial charge < -0.3 is 10.4 Å². The number of unbranched alkanes of at least 4 members (excludes halogenated alkanes) is 1. The summed E-state index contributed by atoms with van der Waals surface area (Å²) < 4.78 is 0.